The van der Waals surface area contributed by atoms with Gasteiger partial charge in [-0.1, -0.05) is 0 Å². The van der Waals surface area contributed by atoms with Crippen molar-refractivity contribution in [2.75, 3.05) is 0 Å². The molecular weight excluding hydrogens is 162 g/mol. The lowest BCUT2D eigenvalue weighted by Crippen LogP contribution is -3.00. The van der Waals surface area contributed by atoms with Gasteiger partial charge in [-0.2, -0.15) is 0 Å². The molecule has 0 aliphatic carbocycles. The molecule has 0 aromatic heterocycles. The maximum atomic E-state index is 11.5. The highest BCUT2D eigenvalue weighted by molar-refractivity contribution is 4.47. The number of rotatable bonds is 2. The Morgan fingerprint density at radius 1 is 1.00 bits per heavy atom. The Kier molecular flexibility index (Phi) is 25.8. The lowest BCUT2D eigenvalue weighted by atomic mass is 10.3. The molecule has 0 aliphatic rings. The molecule has 10 heavy (non-hydrogen) atoms. The normalized spacial score (nSPS) is 10.5. The zero-order valence-electron chi connectivity index (χ0n) is 5.13. The highest BCUT2D eigenvalue weighted by atomic mass is 19.3. The quantitative estimate of drug-likeness (QED) is 0.360. The van der Waals surface area contributed by atoms with Crippen LogP contribution in [0, 0.1) is 0 Å². The van der Waals surface area contributed by atoms with Crippen LogP contribution in [-0.2, 0) is 0 Å². The van der Waals surface area contributed by atoms with Crippen molar-refractivity contribution in [1.29, 1.82) is 0 Å². The zero-order valence-corrected chi connectivity index (χ0v) is 5.13. The van der Waals surface area contributed by atoms with Gasteiger partial charge in [0.05, 0.1) is 0 Å². The van der Waals surface area contributed by atoms with E-state index in [1.54, 1.807) is 0 Å². The number of alkyl halides is 3. The summed E-state index contributed by atoms with van der Waals surface area (Å²) in [6, 6.07) is 0. The Morgan fingerprint density at radius 2 is 1.30 bits per heavy atom. The first-order valence-electron chi connectivity index (χ1n) is 2.05. The molecule has 0 N–H and O–H groups in total. The number of hydrogen-bond acceptors (Lipinski definition) is 0. The molecule has 0 spiro atoms. The average molecular weight is 169 g/mol. The lowest BCUT2D eigenvalue weighted by Gasteiger charge is -1.96. The standard InChI is InChI=1S/C4H7F3.3FH/c1-3(5)2-4(6)7;;;/h3-4H,2H2,1H3;3*1H/p-3. The Bertz CT molecular complexity index is 39.0. The van der Waals surface area contributed by atoms with Crippen LogP contribution in [0.5, 0.6) is 0 Å². The van der Waals surface area contributed by atoms with E-state index in [4.69, 9.17) is 0 Å². The van der Waals surface area contributed by atoms with Crippen LogP contribution in [0.1, 0.15) is 13.3 Å². The SMILES string of the molecule is CC(F)CC(F)F.[F-].[F-].[F-]. The van der Waals surface area contributed by atoms with E-state index in [1.807, 2.05) is 0 Å². The van der Waals surface area contributed by atoms with E-state index in [0.29, 0.717) is 0 Å². The molecule has 1 atom stereocenters. The summed E-state index contributed by atoms with van der Waals surface area (Å²) in [6.45, 7) is 1.12. The summed E-state index contributed by atoms with van der Waals surface area (Å²) in [5.41, 5.74) is 0. The lowest BCUT2D eigenvalue weighted by molar-refractivity contribution is -0.00100. The van der Waals surface area contributed by atoms with Crippen molar-refractivity contribution in [3.63, 3.8) is 0 Å². The van der Waals surface area contributed by atoms with Crippen LogP contribution in [0.15, 0.2) is 0 Å². The van der Waals surface area contributed by atoms with Gasteiger partial charge in [-0.3, -0.25) is 0 Å². The van der Waals surface area contributed by atoms with Crippen molar-refractivity contribution >= 4 is 0 Å². The maximum Gasteiger partial charge on any atom is 0.241 e. The van der Waals surface area contributed by atoms with Gasteiger partial charge in [0.1, 0.15) is 6.17 Å². The molecule has 0 saturated heterocycles. The van der Waals surface area contributed by atoms with E-state index < -0.39 is 19.0 Å². The summed E-state index contributed by atoms with van der Waals surface area (Å²) in [7, 11) is 0. The Hall–Kier alpha value is -0.420. The minimum atomic E-state index is -2.50. The third-order valence-corrected chi connectivity index (χ3v) is 0.503. The van der Waals surface area contributed by atoms with E-state index >= 15 is 0 Å². The predicted octanol–water partition coefficient (Wildman–Crippen LogP) is -6.99. The van der Waals surface area contributed by atoms with Crippen LogP contribution in [0.2, 0.25) is 0 Å². The monoisotopic (exact) mass is 169 g/mol. The van der Waals surface area contributed by atoms with Crippen LogP contribution in [-0.4, -0.2) is 12.6 Å². The van der Waals surface area contributed by atoms with Crippen LogP contribution >= 0.6 is 0 Å². The van der Waals surface area contributed by atoms with Gasteiger partial charge in [-0.15, -0.1) is 0 Å². The van der Waals surface area contributed by atoms with Crippen molar-refractivity contribution in [2.45, 2.75) is 25.9 Å². The molecule has 0 nitrogen and oxygen atoms in total. The molecule has 0 aromatic rings. The molecule has 0 fully saturated rings. The van der Waals surface area contributed by atoms with Crippen molar-refractivity contribution in [2.24, 2.45) is 0 Å². The Labute approximate surface area is 54.5 Å². The summed E-state index contributed by atoms with van der Waals surface area (Å²) in [6.07, 6.45) is -4.51. The molecular formula is C4H7F6-3. The molecule has 1 unspecified atom stereocenters. The Balaban J connectivity index is -0.0000000600. The highest BCUT2D eigenvalue weighted by Crippen LogP contribution is 2.04. The molecule has 68 valence electrons. The minimum absolute atomic E-state index is 0. The fourth-order valence-electron chi connectivity index (χ4n) is 0.246. The summed E-state index contributed by atoms with van der Waals surface area (Å²) in [4.78, 5) is 0. The summed E-state index contributed by atoms with van der Waals surface area (Å²) in [5, 5.41) is 0. The zero-order chi connectivity index (χ0) is 5.86. The van der Waals surface area contributed by atoms with E-state index in [2.05, 4.69) is 0 Å². The third-order valence-electron chi connectivity index (χ3n) is 0.503. The largest absolute Gasteiger partial charge is 1.00 e. The first kappa shape index (κ1) is 22.7. The molecule has 0 amide bonds. The van der Waals surface area contributed by atoms with E-state index in [0.717, 1.165) is 6.92 Å². The van der Waals surface area contributed by atoms with Gasteiger partial charge in [0.15, 0.2) is 0 Å². The van der Waals surface area contributed by atoms with Gasteiger partial charge in [-0.25, -0.2) is 13.2 Å². The van der Waals surface area contributed by atoms with Gasteiger partial charge in [0, 0.05) is 6.42 Å². The fourth-order valence-corrected chi connectivity index (χ4v) is 0.246. The Morgan fingerprint density at radius 3 is 1.30 bits per heavy atom. The molecule has 0 bridgehead atoms. The molecule has 0 heterocycles. The van der Waals surface area contributed by atoms with Crippen molar-refractivity contribution in [3.8, 4) is 0 Å². The predicted molar refractivity (Wildman–Crippen MR) is 21.2 cm³/mol. The summed E-state index contributed by atoms with van der Waals surface area (Å²) in [5.74, 6) is 0. The second-order valence-electron chi connectivity index (χ2n) is 1.41. The number of halogens is 6. The first-order valence-corrected chi connectivity index (χ1v) is 2.05. The van der Waals surface area contributed by atoms with Crippen LogP contribution in [0.25, 0.3) is 0 Å². The van der Waals surface area contributed by atoms with Crippen LogP contribution < -0.4 is 14.1 Å². The van der Waals surface area contributed by atoms with Crippen molar-refractivity contribution in [1.82, 2.24) is 0 Å². The molecule has 0 rings (SSSR count). The minimum Gasteiger partial charge on any atom is -1.00 e. The molecule has 0 aromatic carbocycles. The summed E-state index contributed by atoms with van der Waals surface area (Å²) < 4.78 is 33.6. The number of hydrogen-bond donors (Lipinski definition) is 0. The van der Waals surface area contributed by atoms with Gasteiger partial charge >= 0.3 is 0 Å². The second-order valence-corrected chi connectivity index (χ2v) is 1.41. The molecule has 0 saturated carbocycles. The van der Waals surface area contributed by atoms with Crippen molar-refractivity contribution < 1.29 is 27.3 Å². The van der Waals surface area contributed by atoms with Gasteiger partial charge in [-0.05, 0) is 6.92 Å². The second kappa shape index (κ2) is 11.4. The van der Waals surface area contributed by atoms with Crippen molar-refractivity contribution in [3.05, 3.63) is 0 Å². The fraction of sp³-hybridized carbons (Fsp3) is 1.00. The highest BCUT2D eigenvalue weighted by Gasteiger charge is 2.06. The van der Waals surface area contributed by atoms with Gasteiger partial charge in [0.25, 0.3) is 0 Å². The smallest absolute Gasteiger partial charge is 0.241 e. The summed E-state index contributed by atoms with van der Waals surface area (Å²) >= 11 is 0. The average Bonchev–Trinajstić information content (AvgIpc) is 1.27. The molecule has 6 heteroatoms. The van der Waals surface area contributed by atoms with E-state index in [-0.39, 0.29) is 14.1 Å². The third kappa shape index (κ3) is 25.6. The first-order chi connectivity index (χ1) is 3.13. The van der Waals surface area contributed by atoms with Crippen LogP contribution in [0.3, 0.4) is 0 Å². The maximum absolute atomic E-state index is 11.5. The van der Waals surface area contributed by atoms with Gasteiger partial charge in [0.2, 0.25) is 6.43 Å². The van der Waals surface area contributed by atoms with E-state index in [1.165, 1.54) is 0 Å². The topological polar surface area (TPSA) is 0 Å². The molecule has 0 aliphatic heterocycles. The van der Waals surface area contributed by atoms with Crippen LogP contribution in [0.4, 0.5) is 13.2 Å². The van der Waals surface area contributed by atoms with Gasteiger partial charge < -0.3 is 14.1 Å². The van der Waals surface area contributed by atoms with E-state index in [9.17, 15) is 13.2 Å². The molecule has 0 radical (unpaired) electrons.